The van der Waals surface area contributed by atoms with Gasteiger partial charge in [0, 0.05) is 17.4 Å². The number of esters is 1. The number of thiazole rings is 1. The Bertz CT molecular complexity index is 876. The van der Waals surface area contributed by atoms with Gasteiger partial charge in [-0.2, -0.15) is 0 Å². The van der Waals surface area contributed by atoms with Crippen LogP contribution in [0, 0.1) is 0 Å². The van der Waals surface area contributed by atoms with Crippen molar-refractivity contribution in [3.8, 4) is 10.6 Å². The van der Waals surface area contributed by atoms with Gasteiger partial charge in [-0.15, -0.1) is 11.3 Å². The molecule has 0 unspecified atom stereocenters. The first-order valence-electron chi connectivity index (χ1n) is 7.45. The predicted octanol–water partition coefficient (Wildman–Crippen LogP) is 3.66. The van der Waals surface area contributed by atoms with Crippen LogP contribution in [-0.2, 0) is 11.3 Å². The van der Waals surface area contributed by atoms with Crippen molar-refractivity contribution < 1.29 is 14.3 Å². The molecular formula is C18H15N3O3S. The minimum Gasteiger partial charge on any atom is -0.456 e. The van der Waals surface area contributed by atoms with Crippen LogP contribution < -0.4 is 11.1 Å². The van der Waals surface area contributed by atoms with Crippen molar-refractivity contribution in [2.45, 2.75) is 6.61 Å². The number of urea groups is 1. The SMILES string of the molecule is NC(=O)Nc1ccc(C(=O)OCc2cnc(-c3ccccc3)s2)cc1. The lowest BCUT2D eigenvalue weighted by Gasteiger charge is -2.05. The Hall–Kier alpha value is -3.19. The van der Waals surface area contributed by atoms with Crippen molar-refractivity contribution >= 4 is 29.0 Å². The van der Waals surface area contributed by atoms with Crippen molar-refractivity contribution in [3.63, 3.8) is 0 Å². The van der Waals surface area contributed by atoms with E-state index in [0.29, 0.717) is 11.3 Å². The van der Waals surface area contributed by atoms with E-state index in [2.05, 4.69) is 10.3 Å². The number of nitrogens with zero attached hydrogens (tertiary/aromatic N) is 1. The summed E-state index contributed by atoms with van der Waals surface area (Å²) in [7, 11) is 0. The first-order valence-corrected chi connectivity index (χ1v) is 8.27. The first kappa shape index (κ1) is 16.7. The molecule has 0 spiro atoms. The van der Waals surface area contributed by atoms with Gasteiger partial charge in [-0.3, -0.25) is 0 Å². The number of amides is 2. The maximum absolute atomic E-state index is 12.1. The summed E-state index contributed by atoms with van der Waals surface area (Å²) < 4.78 is 5.30. The zero-order valence-electron chi connectivity index (χ0n) is 13.1. The molecule has 3 N–H and O–H groups in total. The Balaban J connectivity index is 1.59. The lowest BCUT2D eigenvalue weighted by atomic mass is 10.2. The third-order valence-corrected chi connectivity index (χ3v) is 4.33. The fourth-order valence-corrected chi connectivity index (χ4v) is 2.97. The molecule has 2 amide bonds. The lowest BCUT2D eigenvalue weighted by molar-refractivity contribution is 0.0476. The van der Waals surface area contributed by atoms with Gasteiger partial charge in [0.25, 0.3) is 0 Å². The fourth-order valence-electron chi connectivity index (χ4n) is 2.14. The molecular weight excluding hydrogens is 338 g/mol. The molecule has 126 valence electrons. The van der Waals surface area contributed by atoms with Gasteiger partial charge in [-0.25, -0.2) is 14.6 Å². The lowest BCUT2D eigenvalue weighted by Crippen LogP contribution is -2.19. The van der Waals surface area contributed by atoms with E-state index in [4.69, 9.17) is 10.5 Å². The smallest absolute Gasteiger partial charge is 0.338 e. The second-order valence-corrected chi connectivity index (χ2v) is 6.26. The fraction of sp³-hybridized carbons (Fsp3) is 0.0556. The highest BCUT2D eigenvalue weighted by Crippen LogP contribution is 2.25. The zero-order valence-corrected chi connectivity index (χ0v) is 14.0. The normalized spacial score (nSPS) is 10.2. The minimum absolute atomic E-state index is 0.157. The molecule has 0 aliphatic rings. The largest absolute Gasteiger partial charge is 0.456 e. The average molecular weight is 353 g/mol. The highest BCUT2D eigenvalue weighted by atomic mass is 32.1. The summed E-state index contributed by atoms with van der Waals surface area (Å²) in [6.45, 7) is 0.157. The summed E-state index contributed by atoms with van der Waals surface area (Å²) in [6.07, 6.45) is 1.71. The van der Waals surface area contributed by atoms with Crippen LogP contribution in [0.5, 0.6) is 0 Å². The second kappa shape index (κ2) is 7.59. The van der Waals surface area contributed by atoms with Crippen LogP contribution in [0.25, 0.3) is 10.6 Å². The number of aromatic nitrogens is 1. The quantitative estimate of drug-likeness (QED) is 0.685. The molecule has 7 heteroatoms. The Labute approximate surface area is 148 Å². The summed E-state index contributed by atoms with van der Waals surface area (Å²) in [6, 6.07) is 15.5. The van der Waals surface area contributed by atoms with Gasteiger partial charge in [0.2, 0.25) is 0 Å². The van der Waals surface area contributed by atoms with Crippen LogP contribution in [0.3, 0.4) is 0 Å². The second-order valence-electron chi connectivity index (χ2n) is 5.14. The number of hydrogen-bond donors (Lipinski definition) is 2. The number of primary amides is 1. The molecule has 0 bridgehead atoms. The number of anilines is 1. The average Bonchev–Trinajstić information content (AvgIpc) is 3.10. The summed E-state index contributed by atoms with van der Waals surface area (Å²) in [5.74, 6) is -0.444. The molecule has 1 aromatic heterocycles. The maximum Gasteiger partial charge on any atom is 0.338 e. The number of nitrogens with two attached hydrogens (primary N) is 1. The molecule has 0 atom stereocenters. The highest BCUT2D eigenvalue weighted by Gasteiger charge is 2.10. The molecule has 6 nitrogen and oxygen atoms in total. The van der Waals surface area contributed by atoms with E-state index in [1.807, 2.05) is 30.3 Å². The molecule has 2 aromatic carbocycles. The third kappa shape index (κ3) is 4.42. The third-order valence-electron chi connectivity index (χ3n) is 3.31. The molecule has 3 rings (SSSR count). The van der Waals surface area contributed by atoms with E-state index < -0.39 is 12.0 Å². The van der Waals surface area contributed by atoms with Gasteiger partial charge in [0.1, 0.15) is 11.6 Å². The van der Waals surface area contributed by atoms with Crippen LogP contribution in [-0.4, -0.2) is 17.0 Å². The number of carbonyl (C=O) groups is 2. The van der Waals surface area contributed by atoms with Crippen molar-refractivity contribution in [3.05, 3.63) is 71.2 Å². The molecule has 25 heavy (non-hydrogen) atoms. The maximum atomic E-state index is 12.1. The van der Waals surface area contributed by atoms with Crippen LogP contribution in [0.15, 0.2) is 60.8 Å². The first-order chi connectivity index (χ1) is 12.1. The van der Waals surface area contributed by atoms with E-state index in [0.717, 1.165) is 15.4 Å². The molecule has 0 fully saturated rings. The topological polar surface area (TPSA) is 94.3 Å². The summed E-state index contributed by atoms with van der Waals surface area (Å²) >= 11 is 1.48. The van der Waals surface area contributed by atoms with Gasteiger partial charge in [-0.05, 0) is 24.3 Å². The summed E-state index contributed by atoms with van der Waals surface area (Å²) in [4.78, 5) is 28.1. The van der Waals surface area contributed by atoms with Crippen LogP contribution in [0.1, 0.15) is 15.2 Å². The number of rotatable bonds is 5. The van der Waals surface area contributed by atoms with Gasteiger partial charge >= 0.3 is 12.0 Å². The van der Waals surface area contributed by atoms with Gasteiger partial charge in [0.15, 0.2) is 0 Å². The molecule has 0 aliphatic heterocycles. The van der Waals surface area contributed by atoms with Crippen molar-refractivity contribution in [2.75, 3.05) is 5.32 Å². The minimum atomic E-state index is -0.658. The molecule has 0 saturated carbocycles. The number of hydrogen-bond acceptors (Lipinski definition) is 5. The van der Waals surface area contributed by atoms with E-state index in [-0.39, 0.29) is 6.61 Å². The van der Waals surface area contributed by atoms with Crippen LogP contribution in [0.4, 0.5) is 10.5 Å². The number of carbonyl (C=O) groups excluding carboxylic acids is 2. The van der Waals surface area contributed by atoms with E-state index in [1.54, 1.807) is 30.5 Å². The van der Waals surface area contributed by atoms with Gasteiger partial charge in [0.05, 0.1) is 10.4 Å². The molecule has 0 radical (unpaired) electrons. The van der Waals surface area contributed by atoms with Crippen LogP contribution >= 0.6 is 11.3 Å². The Morgan fingerprint density at radius 2 is 1.80 bits per heavy atom. The Morgan fingerprint density at radius 3 is 2.48 bits per heavy atom. The zero-order chi connectivity index (χ0) is 17.6. The van der Waals surface area contributed by atoms with Crippen molar-refractivity contribution in [2.24, 2.45) is 5.73 Å². The molecule has 0 saturated heterocycles. The van der Waals surface area contributed by atoms with E-state index in [1.165, 1.54) is 11.3 Å². The van der Waals surface area contributed by atoms with Gasteiger partial charge in [-0.1, -0.05) is 30.3 Å². The Kier molecular flexibility index (Phi) is 5.06. The Morgan fingerprint density at radius 1 is 1.08 bits per heavy atom. The van der Waals surface area contributed by atoms with E-state index >= 15 is 0 Å². The number of ether oxygens (including phenoxy) is 1. The molecule has 3 aromatic rings. The number of benzene rings is 2. The van der Waals surface area contributed by atoms with E-state index in [9.17, 15) is 9.59 Å². The summed E-state index contributed by atoms with van der Waals surface area (Å²) in [5.41, 5.74) is 6.97. The predicted molar refractivity (Wildman–Crippen MR) is 96.3 cm³/mol. The number of nitrogens with one attached hydrogen (secondary N) is 1. The monoisotopic (exact) mass is 353 g/mol. The highest BCUT2D eigenvalue weighted by molar-refractivity contribution is 7.15. The summed E-state index contributed by atoms with van der Waals surface area (Å²) in [5, 5.41) is 3.31. The van der Waals surface area contributed by atoms with Crippen LogP contribution in [0.2, 0.25) is 0 Å². The standard InChI is InChI=1S/C18H15N3O3S/c19-18(23)21-14-8-6-13(7-9-14)17(22)24-11-15-10-20-16(25-15)12-4-2-1-3-5-12/h1-10H,11H2,(H3,19,21,23). The molecule has 0 aliphatic carbocycles. The van der Waals surface area contributed by atoms with Gasteiger partial charge < -0.3 is 15.8 Å². The molecule has 1 heterocycles. The van der Waals surface area contributed by atoms with Crippen molar-refractivity contribution in [1.82, 2.24) is 4.98 Å². The van der Waals surface area contributed by atoms with Crippen molar-refractivity contribution in [1.29, 1.82) is 0 Å².